The fourth-order valence-corrected chi connectivity index (χ4v) is 2.58. The summed E-state index contributed by atoms with van der Waals surface area (Å²) in [5, 5.41) is 6.56. The Bertz CT molecular complexity index is 697. The molecular formula is C15H19N5O2. The van der Waals surface area contributed by atoms with Gasteiger partial charge in [-0.15, -0.1) is 0 Å². The van der Waals surface area contributed by atoms with E-state index in [4.69, 9.17) is 4.52 Å². The summed E-state index contributed by atoms with van der Waals surface area (Å²) < 4.78 is 4.95. The van der Waals surface area contributed by atoms with Crippen molar-refractivity contribution < 1.29 is 9.32 Å². The van der Waals surface area contributed by atoms with Crippen molar-refractivity contribution >= 4 is 11.7 Å². The number of carbonyl (C=O) groups is 1. The van der Waals surface area contributed by atoms with Crippen LogP contribution in [0.25, 0.3) is 0 Å². The van der Waals surface area contributed by atoms with Gasteiger partial charge in [0.25, 0.3) is 0 Å². The summed E-state index contributed by atoms with van der Waals surface area (Å²) in [5.74, 6) is 1.78. The second-order valence-electron chi connectivity index (χ2n) is 5.60. The molecule has 22 heavy (non-hydrogen) atoms. The summed E-state index contributed by atoms with van der Waals surface area (Å²) in [6, 6.07) is 1.44. The fourth-order valence-electron chi connectivity index (χ4n) is 2.58. The predicted octanol–water partition coefficient (Wildman–Crippen LogP) is 1.47. The molecule has 0 aromatic carbocycles. The van der Waals surface area contributed by atoms with Crippen molar-refractivity contribution in [1.29, 1.82) is 0 Å². The Kier molecular flexibility index (Phi) is 3.89. The highest BCUT2D eigenvalue weighted by molar-refractivity contribution is 5.93. The summed E-state index contributed by atoms with van der Waals surface area (Å²) in [4.78, 5) is 23.2. The van der Waals surface area contributed by atoms with Crippen molar-refractivity contribution in [2.45, 2.75) is 39.8 Å². The minimum absolute atomic E-state index is 0.0949. The van der Waals surface area contributed by atoms with Crippen LogP contribution in [0.3, 0.4) is 0 Å². The molecule has 0 bridgehead atoms. The van der Waals surface area contributed by atoms with E-state index in [1.54, 1.807) is 13.0 Å². The number of anilines is 1. The normalized spacial score (nSPS) is 16.1. The minimum Gasteiger partial charge on any atom is -0.360 e. The average Bonchev–Trinajstić information content (AvgIpc) is 2.90. The standard InChI is InChI=1S/C15H19N5O2/c1-9-6-14(19-22-9)18-15(21)10(2)20-5-4-12-7-16-11(3)17-13(12)8-20/h6-7,10H,4-5,8H2,1-3H3,(H,18,19,21). The molecule has 1 amide bonds. The van der Waals surface area contributed by atoms with E-state index < -0.39 is 0 Å². The van der Waals surface area contributed by atoms with Gasteiger partial charge in [-0.3, -0.25) is 9.69 Å². The molecule has 116 valence electrons. The van der Waals surface area contributed by atoms with Gasteiger partial charge in [-0.1, -0.05) is 5.16 Å². The van der Waals surface area contributed by atoms with Crippen LogP contribution in [-0.4, -0.2) is 38.5 Å². The second kappa shape index (κ2) is 5.84. The molecule has 0 aliphatic carbocycles. The Morgan fingerprint density at radius 1 is 1.45 bits per heavy atom. The van der Waals surface area contributed by atoms with E-state index >= 15 is 0 Å². The number of nitrogens with one attached hydrogen (secondary N) is 1. The Morgan fingerprint density at radius 2 is 2.27 bits per heavy atom. The third-order valence-corrected chi connectivity index (χ3v) is 3.90. The van der Waals surface area contributed by atoms with Gasteiger partial charge in [0.1, 0.15) is 11.6 Å². The van der Waals surface area contributed by atoms with Gasteiger partial charge in [-0.25, -0.2) is 9.97 Å². The van der Waals surface area contributed by atoms with Crippen molar-refractivity contribution in [3.63, 3.8) is 0 Å². The number of hydrogen-bond acceptors (Lipinski definition) is 6. The van der Waals surface area contributed by atoms with Crippen LogP contribution >= 0.6 is 0 Å². The van der Waals surface area contributed by atoms with E-state index in [0.717, 1.165) is 24.5 Å². The van der Waals surface area contributed by atoms with Crippen LogP contribution in [0.1, 0.15) is 29.8 Å². The Balaban J connectivity index is 1.68. The highest BCUT2D eigenvalue weighted by atomic mass is 16.5. The van der Waals surface area contributed by atoms with Gasteiger partial charge in [0.2, 0.25) is 5.91 Å². The van der Waals surface area contributed by atoms with Gasteiger partial charge in [-0.2, -0.15) is 0 Å². The van der Waals surface area contributed by atoms with E-state index in [1.165, 1.54) is 5.56 Å². The first-order chi connectivity index (χ1) is 10.5. The van der Waals surface area contributed by atoms with Crippen molar-refractivity contribution in [2.24, 2.45) is 0 Å². The zero-order valence-electron chi connectivity index (χ0n) is 13.0. The van der Waals surface area contributed by atoms with Gasteiger partial charge in [0.15, 0.2) is 5.82 Å². The summed E-state index contributed by atoms with van der Waals surface area (Å²) in [5.41, 5.74) is 2.18. The number of hydrogen-bond donors (Lipinski definition) is 1. The van der Waals surface area contributed by atoms with Crippen molar-refractivity contribution in [3.05, 3.63) is 35.1 Å². The van der Waals surface area contributed by atoms with Crippen LogP contribution in [-0.2, 0) is 17.8 Å². The highest BCUT2D eigenvalue weighted by Gasteiger charge is 2.26. The maximum atomic E-state index is 12.3. The summed E-state index contributed by atoms with van der Waals surface area (Å²) >= 11 is 0. The van der Waals surface area contributed by atoms with Crippen molar-refractivity contribution in [2.75, 3.05) is 11.9 Å². The first kappa shape index (κ1) is 14.6. The van der Waals surface area contributed by atoms with Crippen LogP contribution in [0.4, 0.5) is 5.82 Å². The van der Waals surface area contributed by atoms with Gasteiger partial charge in [0, 0.05) is 25.4 Å². The van der Waals surface area contributed by atoms with Gasteiger partial charge < -0.3 is 9.84 Å². The molecule has 1 unspecified atom stereocenters. The van der Waals surface area contributed by atoms with Gasteiger partial charge in [0.05, 0.1) is 11.7 Å². The molecule has 2 aromatic heterocycles. The number of fused-ring (bicyclic) bond motifs is 1. The molecule has 3 heterocycles. The molecule has 1 atom stereocenters. The molecule has 1 aliphatic rings. The van der Waals surface area contributed by atoms with E-state index in [0.29, 0.717) is 18.1 Å². The van der Waals surface area contributed by atoms with Crippen LogP contribution in [0, 0.1) is 13.8 Å². The lowest BCUT2D eigenvalue weighted by molar-refractivity contribution is -0.121. The molecular weight excluding hydrogens is 282 g/mol. The third-order valence-electron chi connectivity index (χ3n) is 3.90. The molecule has 7 nitrogen and oxygen atoms in total. The Morgan fingerprint density at radius 3 is 3.00 bits per heavy atom. The Labute approximate surface area is 128 Å². The van der Waals surface area contributed by atoms with Crippen LogP contribution in [0.15, 0.2) is 16.8 Å². The number of aryl methyl sites for hydroxylation is 2. The first-order valence-corrected chi connectivity index (χ1v) is 7.32. The minimum atomic E-state index is -0.263. The number of amides is 1. The number of aromatic nitrogens is 3. The largest absolute Gasteiger partial charge is 0.360 e. The molecule has 0 radical (unpaired) electrons. The van der Waals surface area contributed by atoms with Crippen LogP contribution in [0.5, 0.6) is 0 Å². The second-order valence-corrected chi connectivity index (χ2v) is 5.60. The van der Waals surface area contributed by atoms with Crippen LogP contribution in [0.2, 0.25) is 0 Å². The monoisotopic (exact) mass is 301 g/mol. The molecule has 1 aliphatic heterocycles. The summed E-state index contributed by atoms with van der Waals surface area (Å²) in [7, 11) is 0. The molecule has 2 aromatic rings. The van der Waals surface area contributed by atoms with E-state index in [9.17, 15) is 4.79 Å². The van der Waals surface area contributed by atoms with Crippen molar-refractivity contribution in [1.82, 2.24) is 20.0 Å². The highest BCUT2D eigenvalue weighted by Crippen LogP contribution is 2.19. The zero-order chi connectivity index (χ0) is 15.7. The third kappa shape index (κ3) is 2.99. The van der Waals surface area contributed by atoms with Crippen LogP contribution < -0.4 is 5.32 Å². The maximum Gasteiger partial charge on any atom is 0.242 e. The number of rotatable bonds is 3. The average molecular weight is 301 g/mol. The lowest BCUT2D eigenvalue weighted by atomic mass is 10.0. The Hall–Kier alpha value is -2.28. The van der Waals surface area contributed by atoms with Gasteiger partial charge >= 0.3 is 0 Å². The molecule has 0 spiro atoms. The van der Waals surface area contributed by atoms with E-state index in [2.05, 4.69) is 25.3 Å². The first-order valence-electron chi connectivity index (χ1n) is 7.32. The zero-order valence-corrected chi connectivity index (χ0v) is 13.0. The lowest BCUT2D eigenvalue weighted by Crippen LogP contribution is -2.44. The molecule has 3 rings (SSSR count). The van der Waals surface area contributed by atoms with Crippen molar-refractivity contribution in [3.8, 4) is 0 Å². The topological polar surface area (TPSA) is 84.2 Å². The van der Waals surface area contributed by atoms with E-state index in [1.807, 2.05) is 20.0 Å². The number of nitrogens with zero attached hydrogens (tertiary/aromatic N) is 4. The fraction of sp³-hybridized carbons (Fsp3) is 0.467. The predicted molar refractivity (Wildman–Crippen MR) is 80.2 cm³/mol. The molecule has 7 heteroatoms. The lowest BCUT2D eigenvalue weighted by Gasteiger charge is -2.31. The molecule has 1 N–H and O–H groups in total. The van der Waals surface area contributed by atoms with Gasteiger partial charge in [-0.05, 0) is 32.8 Å². The molecule has 0 fully saturated rings. The molecule has 0 saturated carbocycles. The molecule has 0 saturated heterocycles. The smallest absolute Gasteiger partial charge is 0.242 e. The number of carbonyl (C=O) groups excluding carboxylic acids is 1. The SMILES string of the molecule is Cc1ncc2c(n1)CN(C(C)C(=O)Nc1cc(C)on1)CC2. The van der Waals surface area contributed by atoms with E-state index in [-0.39, 0.29) is 11.9 Å². The summed E-state index contributed by atoms with van der Waals surface area (Å²) in [6.45, 7) is 7.02. The quantitative estimate of drug-likeness (QED) is 0.924. The maximum absolute atomic E-state index is 12.3. The summed E-state index contributed by atoms with van der Waals surface area (Å²) in [6.07, 6.45) is 2.74.